The maximum absolute atomic E-state index is 9.41. The van der Waals surface area contributed by atoms with Gasteiger partial charge in [-0.25, -0.2) is 0 Å². The molecule has 0 fully saturated rings. The fourth-order valence-electron chi connectivity index (χ4n) is 2.04. The first-order valence-corrected chi connectivity index (χ1v) is 4.74. The van der Waals surface area contributed by atoms with E-state index in [1.54, 1.807) is 6.07 Å². The molecule has 3 N–H and O–H groups in total. The monoisotopic (exact) mass is 188 g/mol. The van der Waals surface area contributed by atoms with E-state index in [1.807, 2.05) is 0 Å². The quantitative estimate of drug-likeness (QED) is 0.649. The van der Waals surface area contributed by atoms with Gasteiger partial charge in [0.15, 0.2) is 0 Å². The second kappa shape index (κ2) is 3.32. The fourth-order valence-corrected chi connectivity index (χ4v) is 2.04. The summed E-state index contributed by atoms with van der Waals surface area (Å²) in [4.78, 5) is 0. The number of benzene rings is 1. The molecule has 0 aromatic heterocycles. The molecule has 2 rings (SSSR count). The van der Waals surface area contributed by atoms with Gasteiger partial charge in [0.05, 0.1) is 11.6 Å². The number of phenols is 1. The van der Waals surface area contributed by atoms with E-state index in [2.05, 4.69) is 6.07 Å². The molecule has 14 heavy (non-hydrogen) atoms. The van der Waals surface area contributed by atoms with Crippen molar-refractivity contribution >= 4 is 0 Å². The average Bonchev–Trinajstić information content (AvgIpc) is 2.18. The van der Waals surface area contributed by atoms with Crippen molar-refractivity contribution < 1.29 is 5.11 Å². The van der Waals surface area contributed by atoms with Gasteiger partial charge in [0, 0.05) is 6.04 Å². The first-order chi connectivity index (χ1) is 6.72. The number of hydrogen-bond acceptors (Lipinski definition) is 3. The third kappa shape index (κ3) is 1.34. The summed E-state index contributed by atoms with van der Waals surface area (Å²) < 4.78 is 0. The highest BCUT2D eigenvalue weighted by molar-refractivity contribution is 5.49. The summed E-state index contributed by atoms with van der Waals surface area (Å²) in [6, 6.07) is 5.26. The predicted molar refractivity (Wildman–Crippen MR) is 52.7 cm³/mol. The molecular weight excluding hydrogens is 176 g/mol. The molecule has 1 aliphatic carbocycles. The van der Waals surface area contributed by atoms with E-state index >= 15 is 0 Å². The molecule has 0 unspecified atom stereocenters. The van der Waals surface area contributed by atoms with Crippen molar-refractivity contribution in [3.8, 4) is 11.8 Å². The van der Waals surface area contributed by atoms with Gasteiger partial charge in [-0.15, -0.1) is 0 Å². The van der Waals surface area contributed by atoms with Crippen LogP contribution < -0.4 is 5.73 Å². The normalized spacial score (nSPS) is 19.9. The SMILES string of the molecule is N#Cc1cc(O)cc2c1CCC[C@H]2N. The Kier molecular flexibility index (Phi) is 2.14. The molecule has 1 atom stereocenters. The molecule has 3 heteroatoms. The van der Waals surface area contributed by atoms with E-state index in [0.717, 1.165) is 30.4 Å². The standard InChI is InChI=1S/C11H12N2O/c12-6-7-4-8(14)5-10-9(7)2-1-3-11(10)13/h4-5,11,14H,1-3,13H2/t11-/m1/s1. The lowest BCUT2D eigenvalue weighted by Gasteiger charge is -2.23. The van der Waals surface area contributed by atoms with Gasteiger partial charge in [-0.05, 0) is 42.5 Å². The van der Waals surface area contributed by atoms with Gasteiger partial charge in [-0.3, -0.25) is 0 Å². The number of nitriles is 1. The Bertz CT molecular complexity index is 406. The van der Waals surface area contributed by atoms with Crippen LogP contribution >= 0.6 is 0 Å². The van der Waals surface area contributed by atoms with E-state index in [1.165, 1.54) is 6.07 Å². The molecule has 0 spiro atoms. The Balaban J connectivity index is 2.62. The summed E-state index contributed by atoms with van der Waals surface area (Å²) in [5, 5.41) is 18.3. The summed E-state index contributed by atoms with van der Waals surface area (Å²) >= 11 is 0. The summed E-state index contributed by atoms with van der Waals surface area (Å²) in [5.74, 6) is 0.137. The predicted octanol–water partition coefficient (Wildman–Crippen LogP) is 1.60. The minimum Gasteiger partial charge on any atom is -0.508 e. The molecule has 0 heterocycles. The number of phenolic OH excluding ortho intramolecular Hbond substituents is 1. The van der Waals surface area contributed by atoms with E-state index in [0.29, 0.717) is 5.56 Å². The fraction of sp³-hybridized carbons (Fsp3) is 0.364. The van der Waals surface area contributed by atoms with Gasteiger partial charge in [-0.2, -0.15) is 5.26 Å². The molecule has 0 radical (unpaired) electrons. The highest BCUT2D eigenvalue weighted by atomic mass is 16.3. The van der Waals surface area contributed by atoms with Gasteiger partial charge in [0.1, 0.15) is 5.75 Å². The van der Waals surface area contributed by atoms with Crippen LogP contribution in [0.15, 0.2) is 12.1 Å². The van der Waals surface area contributed by atoms with E-state index in [4.69, 9.17) is 11.0 Å². The minimum atomic E-state index is -0.0297. The summed E-state index contributed by atoms with van der Waals surface area (Å²) in [6.07, 6.45) is 2.85. The van der Waals surface area contributed by atoms with Crippen molar-refractivity contribution in [1.29, 1.82) is 5.26 Å². The maximum atomic E-state index is 9.41. The molecule has 1 aliphatic rings. The Labute approximate surface area is 82.8 Å². The van der Waals surface area contributed by atoms with Crippen molar-refractivity contribution in [3.05, 3.63) is 28.8 Å². The third-order valence-corrected chi connectivity index (χ3v) is 2.73. The van der Waals surface area contributed by atoms with E-state index in [-0.39, 0.29) is 11.8 Å². The molecule has 0 aliphatic heterocycles. The second-order valence-electron chi connectivity index (χ2n) is 3.67. The van der Waals surface area contributed by atoms with Crippen LogP contribution in [0, 0.1) is 11.3 Å². The number of nitrogens with zero attached hydrogens (tertiary/aromatic N) is 1. The Morgan fingerprint density at radius 3 is 3.00 bits per heavy atom. The zero-order valence-corrected chi connectivity index (χ0v) is 7.83. The van der Waals surface area contributed by atoms with Crippen LogP contribution in [0.1, 0.15) is 35.6 Å². The summed E-state index contributed by atoms with van der Waals surface area (Å²) in [6.45, 7) is 0. The lowest BCUT2D eigenvalue weighted by atomic mass is 9.85. The number of rotatable bonds is 0. The molecule has 0 saturated carbocycles. The van der Waals surface area contributed by atoms with Crippen LogP contribution in [0.25, 0.3) is 0 Å². The lowest BCUT2D eigenvalue weighted by Crippen LogP contribution is -2.18. The lowest BCUT2D eigenvalue weighted by molar-refractivity contribution is 0.470. The van der Waals surface area contributed by atoms with Crippen LogP contribution in [0.4, 0.5) is 0 Å². The molecule has 1 aromatic rings. The van der Waals surface area contributed by atoms with Crippen molar-refractivity contribution in [1.82, 2.24) is 0 Å². The van der Waals surface area contributed by atoms with Crippen molar-refractivity contribution in [2.24, 2.45) is 5.73 Å². The first-order valence-electron chi connectivity index (χ1n) is 4.74. The number of aromatic hydroxyl groups is 1. The minimum absolute atomic E-state index is 0.0297. The van der Waals surface area contributed by atoms with Crippen LogP contribution in [-0.2, 0) is 6.42 Å². The number of nitrogens with two attached hydrogens (primary N) is 1. The third-order valence-electron chi connectivity index (χ3n) is 2.73. The van der Waals surface area contributed by atoms with Gasteiger partial charge >= 0.3 is 0 Å². The molecule has 0 saturated heterocycles. The van der Waals surface area contributed by atoms with Crippen molar-refractivity contribution in [2.75, 3.05) is 0 Å². The zero-order chi connectivity index (χ0) is 10.1. The maximum Gasteiger partial charge on any atom is 0.117 e. The Morgan fingerprint density at radius 2 is 2.29 bits per heavy atom. The van der Waals surface area contributed by atoms with Gasteiger partial charge in [-0.1, -0.05) is 0 Å². The second-order valence-corrected chi connectivity index (χ2v) is 3.67. The van der Waals surface area contributed by atoms with Crippen LogP contribution in [0.5, 0.6) is 5.75 Å². The van der Waals surface area contributed by atoms with Crippen LogP contribution in [-0.4, -0.2) is 5.11 Å². The summed E-state index contributed by atoms with van der Waals surface area (Å²) in [5.41, 5.74) is 8.44. The van der Waals surface area contributed by atoms with Gasteiger partial charge in [0.25, 0.3) is 0 Å². The number of fused-ring (bicyclic) bond motifs is 1. The molecule has 0 amide bonds. The van der Waals surface area contributed by atoms with Crippen LogP contribution in [0.2, 0.25) is 0 Å². The largest absolute Gasteiger partial charge is 0.508 e. The van der Waals surface area contributed by atoms with E-state index in [9.17, 15) is 5.11 Å². The Morgan fingerprint density at radius 1 is 1.50 bits per heavy atom. The van der Waals surface area contributed by atoms with Crippen molar-refractivity contribution in [2.45, 2.75) is 25.3 Å². The molecule has 72 valence electrons. The smallest absolute Gasteiger partial charge is 0.117 e. The topological polar surface area (TPSA) is 70.0 Å². The van der Waals surface area contributed by atoms with Gasteiger partial charge in [0.2, 0.25) is 0 Å². The zero-order valence-electron chi connectivity index (χ0n) is 7.83. The molecule has 3 nitrogen and oxygen atoms in total. The Hall–Kier alpha value is -1.53. The highest BCUT2D eigenvalue weighted by Crippen LogP contribution is 2.32. The summed E-state index contributed by atoms with van der Waals surface area (Å²) in [7, 11) is 0. The van der Waals surface area contributed by atoms with Crippen molar-refractivity contribution in [3.63, 3.8) is 0 Å². The molecule has 0 bridgehead atoms. The first kappa shape index (κ1) is 9.04. The molecule has 1 aromatic carbocycles. The van der Waals surface area contributed by atoms with Gasteiger partial charge < -0.3 is 10.8 Å². The number of hydrogen-bond donors (Lipinski definition) is 2. The van der Waals surface area contributed by atoms with Crippen LogP contribution in [0.3, 0.4) is 0 Å². The average molecular weight is 188 g/mol. The van der Waals surface area contributed by atoms with E-state index < -0.39 is 0 Å². The molecular formula is C11H12N2O. The highest BCUT2D eigenvalue weighted by Gasteiger charge is 2.20.